The van der Waals surface area contributed by atoms with Gasteiger partial charge in [0.15, 0.2) is 0 Å². The molecular formula is C90H100Cl2F6N12O10S2. The van der Waals surface area contributed by atoms with E-state index in [1.807, 2.05) is 52.0 Å². The summed E-state index contributed by atoms with van der Waals surface area (Å²) in [6.45, 7) is 12.0. The van der Waals surface area contributed by atoms with Gasteiger partial charge in [-0.05, 0) is 172 Å². The summed E-state index contributed by atoms with van der Waals surface area (Å²) in [5.74, 6) is -1.07. The van der Waals surface area contributed by atoms with Crippen LogP contribution >= 0.6 is 47.5 Å². The molecule has 22 nitrogen and oxygen atoms in total. The van der Waals surface area contributed by atoms with Gasteiger partial charge in [0, 0.05) is 113 Å². The van der Waals surface area contributed by atoms with Crippen molar-refractivity contribution in [3.63, 3.8) is 0 Å². The lowest BCUT2D eigenvalue weighted by molar-refractivity contribution is -0.161. The number of likely N-dealkylation sites (tertiary alicyclic amines) is 4. The van der Waals surface area contributed by atoms with Gasteiger partial charge in [-0.1, -0.05) is 99.5 Å². The van der Waals surface area contributed by atoms with E-state index in [1.54, 1.807) is 93.4 Å². The van der Waals surface area contributed by atoms with Gasteiger partial charge in [0.25, 0.3) is 23.6 Å². The van der Waals surface area contributed by atoms with Gasteiger partial charge in [-0.3, -0.25) is 29.1 Å². The van der Waals surface area contributed by atoms with E-state index in [0.717, 1.165) is 110 Å². The number of carbonyl (C=O) groups excluding carboxylic acids is 4. The number of aryl methyl sites for hydroxylation is 2. The number of carbonyl (C=O) groups is 4. The number of pyridine rings is 2. The van der Waals surface area contributed by atoms with E-state index in [9.17, 15) is 87.0 Å². The molecule has 0 bridgehead atoms. The number of piperidine rings is 6. The van der Waals surface area contributed by atoms with Crippen molar-refractivity contribution in [2.24, 2.45) is 0 Å². The number of phenols is 4. The fraction of sp³-hybridized carbons (Fsp3) is 0.444. The molecule has 0 unspecified atom stereocenters. The van der Waals surface area contributed by atoms with Crippen LogP contribution in [0.2, 0.25) is 0 Å². The molecule has 6 aliphatic rings. The highest BCUT2D eigenvalue weighted by Crippen LogP contribution is 2.48. The first kappa shape index (κ1) is 95.1. The van der Waals surface area contributed by atoms with E-state index in [-0.39, 0.29) is 137 Å². The van der Waals surface area contributed by atoms with Crippen molar-refractivity contribution in [1.29, 1.82) is 21.0 Å². The lowest BCUT2D eigenvalue weighted by Gasteiger charge is -2.51. The normalized spacial score (nSPS) is 20.7. The minimum absolute atomic E-state index is 0. The molecule has 122 heavy (non-hydrogen) atoms. The van der Waals surface area contributed by atoms with Gasteiger partial charge >= 0.3 is 12.4 Å². The number of nitriles is 4. The van der Waals surface area contributed by atoms with E-state index in [4.69, 9.17) is 9.47 Å². The molecule has 0 aliphatic carbocycles. The van der Waals surface area contributed by atoms with Crippen molar-refractivity contribution in [2.45, 2.75) is 188 Å². The van der Waals surface area contributed by atoms with Crippen LogP contribution in [-0.4, -0.2) is 162 Å². The van der Waals surface area contributed by atoms with Gasteiger partial charge in [0.05, 0.1) is 74.7 Å². The third kappa shape index (κ3) is 20.3. The van der Waals surface area contributed by atoms with Crippen LogP contribution in [-0.2, 0) is 43.6 Å². The second-order valence-electron chi connectivity index (χ2n) is 31.3. The minimum Gasteiger partial charge on any atom is -0.508 e. The van der Waals surface area contributed by atoms with Crippen LogP contribution in [0, 0.1) is 59.2 Å². The third-order valence-electron chi connectivity index (χ3n) is 24.0. The molecule has 32 heteroatoms. The van der Waals surface area contributed by atoms with Crippen LogP contribution in [0.5, 0.6) is 34.5 Å². The number of benzene rings is 4. The Morgan fingerprint density at radius 3 is 1.16 bits per heavy atom. The highest BCUT2D eigenvalue weighted by molar-refractivity contribution is 7.10. The number of nitrogens with zero attached hydrogens (tertiary/aromatic N) is 10. The number of nitrogens with one attached hydrogen (secondary N) is 2. The Labute approximate surface area is 726 Å². The Bertz CT molecular complexity index is 4800. The number of hydrogen-bond acceptors (Lipinski definition) is 20. The molecule has 14 rings (SSSR count). The number of alkyl halides is 6. The summed E-state index contributed by atoms with van der Waals surface area (Å²) in [6.07, 6.45) is 0.531. The molecule has 6 fully saturated rings. The number of amides is 4. The highest BCUT2D eigenvalue weighted by atomic mass is 35.5. The maximum atomic E-state index is 14.7. The molecule has 6 N–H and O–H groups in total. The molecule has 648 valence electrons. The van der Waals surface area contributed by atoms with Gasteiger partial charge in [-0.2, -0.15) is 47.4 Å². The molecule has 4 aromatic carbocycles. The molecule has 4 amide bonds. The number of thiophene rings is 2. The zero-order valence-corrected chi connectivity index (χ0v) is 71.4. The predicted molar refractivity (Wildman–Crippen MR) is 453 cm³/mol. The maximum absolute atomic E-state index is 14.7. The highest BCUT2D eigenvalue weighted by Gasteiger charge is 2.59. The van der Waals surface area contributed by atoms with E-state index in [0.29, 0.717) is 61.2 Å². The van der Waals surface area contributed by atoms with E-state index in [1.165, 1.54) is 44.6 Å². The zero-order chi connectivity index (χ0) is 86.3. The molecule has 4 atom stereocenters. The summed E-state index contributed by atoms with van der Waals surface area (Å²) < 4.78 is 96.9. The second-order valence-corrected chi connectivity index (χ2v) is 33.6. The lowest BCUT2D eigenvalue weighted by atomic mass is 9.73. The number of hydrogen-bond donors (Lipinski definition) is 6. The zero-order valence-electron chi connectivity index (χ0n) is 68.2. The molecule has 6 aliphatic heterocycles. The molecular weight excluding hydrogens is 1660 g/mol. The van der Waals surface area contributed by atoms with Crippen molar-refractivity contribution in [1.82, 2.24) is 40.2 Å². The van der Waals surface area contributed by atoms with Gasteiger partial charge in [0.1, 0.15) is 40.2 Å². The maximum Gasteiger partial charge on any atom is 0.418 e. The standard InChI is InChI=1S/2C33H35F3N4O4S.2C12H14N2O.2ClH/c1-3-8-27-32(44-23-19-22(2)45-20-23,12-7-16-40(27)29(42)28-25(33(34,35)36)10-6-15-38-28)30(43)39-17-13-31(21-37,14-18-39)24-9-4-5-11-26(24)41;1-3-7-28-32(44-23-18-22(2)45-20-23,11-6-15-40(28)29(42)24-19-38-14-10-25(24)33(34,35)36)30(43)39-16-12-31(21-37,13-17-39)26-8-4-5-9-27(26)41;2*13-9-12(5-7-14-8-6-12)10-3-1-2-4-11(10)15;;/h4-6,9-11,15,19-20,27,41H,3,7-8,12-14,16-18H2,1-2H3;4-5,8-10,14,18-20,28,41H,3,6-7,11-13,15-17H2,1-2H3;2*1-4,14-15H,5-8H2;2*1H/t27-,32+;28-,32+;;;;/m11..../s1. The number of rotatable bonds is 16. The SMILES string of the molecule is CCC[C@H]1N(C(=O)c2cnccc2C(F)(F)F)CCC[C@@]1(Oc1csc(C)c1)C(=O)N1CCC(C#N)(c2ccccc2O)CC1.CCC[C@H]1N(C(=O)c2ncccc2C(F)(F)F)CCC[C@@]1(Oc1csc(C)c1)C(=O)N1CCC(C#N)(c2ccccc2O)CC1.Cl.Cl.N#CC1(c2ccccc2O)CCNCC1.N#CC1(c2ccccc2O)CCNCC1. The number of phenolic OH excluding ortho intramolecular Hbond substituents is 4. The van der Waals surface area contributed by atoms with Crippen molar-refractivity contribution in [2.75, 3.05) is 65.4 Å². The fourth-order valence-corrected chi connectivity index (χ4v) is 19.0. The molecule has 6 saturated heterocycles. The average molecular weight is 1760 g/mol. The summed E-state index contributed by atoms with van der Waals surface area (Å²) in [5.41, 5.74) is -7.07. The molecule has 8 aromatic rings. The quantitative estimate of drug-likeness (QED) is 0.0490. The lowest BCUT2D eigenvalue weighted by Crippen LogP contribution is -2.68. The van der Waals surface area contributed by atoms with Gasteiger partial charge in [-0.15, -0.1) is 47.5 Å². The van der Waals surface area contributed by atoms with Gasteiger partial charge in [-0.25, -0.2) is 0 Å². The summed E-state index contributed by atoms with van der Waals surface area (Å²) in [4.78, 5) is 72.9. The number of ether oxygens (including phenoxy) is 2. The van der Waals surface area contributed by atoms with E-state index >= 15 is 0 Å². The van der Waals surface area contributed by atoms with Crippen LogP contribution in [0.3, 0.4) is 0 Å². The monoisotopic (exact) mass is 1760 g/mol. The molecule has 0 spiro atoms. The molecule has 10 heterocycles. The Kier molecular flexibility index (Phi) is 32.0. The molecule has 4 aromatic heterocycles. The summed E-state index contributed by atoms with van der Waals surface area (Å²) in [5, 5.41) is 89.7. The Hall–Kier alpha value is -10.7. The fourth-order valence-electron chi connectivity index (χ4n) is 17.8. The van der Waals surface area contributed by atoms with Gasteiger partial charge in [0.2, 0.25) is 11.2 Å². The number of aromatic nitrogens is 2. The number of aromatic hydroxyl groups is 4. The first-order valence-electron chi connectivity index (χ1n) is 40.4. The minimum atomic E-state index is -4.79. The number of halogens is 8. The van der Waals surface area contributed by atoms with Crippen molar-refractivity contribution >= 4 is 71.1 Å². The Balaban J connectivity index is 0.000000204. The number of para-hydroxylation sites is 4. The summed E-state index contributed by atoms with van der Waals surface area (Å²) in [7, 11) is 0. The smallest absolute Gasteiger partial charge is 0.418 e. The van der Waals surface area contributed by atoms with Crippen LogP contribution < -0.4 is 20.1 Å². The van der Waals surface area contributed by atoms with Crippen molar-refractivity contribution < 1.29 is 75.4 Å². The van der Waals surface area contributed by atoms with Crippen LogP contribution in [0.4, 0.5) is 26.3 Å². The Morgan fingerprint density at radius 1 is 0.484 bits per heavy atom. The van der Waals surface area contributed by atoms with Crippen LogP contribution in [0.1, 0.15) is 181 Å². The summed E-state index contributed by atoms with van der Waals surface area (Å²) in [6, 6.07) is 41.8. The molecule has 0 saturated carbocycles. The van der Waals surface area contributed by atoms with Crippen molar-refractivity contribution in [3.05, 3.63) is 211 Å². The largest absolute Gasteiger partial charge is 0.508 e. The predicted octanol–water partition coefficient (Wildman–Crippen LogP) is 16.9. The summed E-state index contributed by atoms with van der Waals surface area (Å²) >= 11 is 2.88. The van der Waals surface area contributed by atoms with E-state index in [2.05, 4.69) is 44.9 Å². The molecule has 0 radical (unpaired) electrons. The van der Waals surface area contributed by atoms with Crippen LogP contribution in [0.25, 0.3) is 0 Å². The van der Waals surface area contributed by atoms with E-state index < -0.39 is 91.5 Å². The second kappa shape index (κ2) is 41.0. The van der Waals surface area contributed by atoms with Crippen LogP contribution in [0.15, 0.2) is 157 Å². The first-order chi connectivity index (χ1) is 57.5. The third-order valence-corrected chi connectivity index (χ3v) is 25.7. The average Bonchev–Trinajstić information content (AvgIpc) is 1.01. The van der Waals surface area contributed by atoms with Crippen molar-refractivity contribution in [3.8, 4) is 58.8 Å². The van der Waals surface area contributed by atoms with Gasteiger partial charge < -0.3 is 60.1 Å². The Morgan fingerprint density at radius 2 is 0.836 bits per heavy atom. The topological polar surface area (TPSA) is 326 Å². The first-order valence-corrected chi connectivity index (χ1v) is 42.2.